The van der Waals surface area contributed by atoms with E-state index in [0.29, 0.717) is 19.8 Å². The van der Waals surface area contributed by atoms with Gasteiger partial charge < -0.3 is 19.8 Å². The fraction of sp³-hybridized carbons (Fsp3) is 0.500. The van der Waals surface area contributed by atoms with E-state index in [1.54, 1.807) is 0 Å². The van der Waals surface area contributed by atoms with Gasteiger partial charge in [-0.05, 0) is 44.4 Å². The van der Waals surface area contributed by atoms with Crippen molar-refractivity contribution in [3.8, 4) is 0 Å². The van der Waals surface area contributed by atoms with Gasteiger partial charge in [0.2, 0.25) is 0 Å². The van der Waals surface area contributed by atoms with Crippen molar-refractivity contribution in [2.75, 3.05) is 32.8 Å². The molecule has 1 aliphatic rings. The van der Waals surface area contributed by atoms with Crippen LogP contribution >= 0.6 is 0 Å². The molecule has 0 saturated carbocycles. The molecule has 2 aromatic rings. The van der Waals surface area contributed by atoms with Gasteiger partial charge in [0.05, 0.1) is 19.3 Å². The summed E-state index contributed by atoms with van der Waals surface area (Å²) in [5.74, 6) is 1.77. The number of benzene rings is 1. The number of nitrogens with zero attached hydrogens (tertiary/aromatic N) is 1. The van der Waals surface area contributed by atoms with Crippen LogP contribution in [0.3, 0.4) is 0 Å². The minimum Gasteiger partial charge on any atom is -0.465 e. The average Bonchev–Trinajstić information content (AvgIpc) is 3.14. The first-order valence-corrected chi connectivity index (χ1v) is 10.1. The van der Waals surface area contributed by atoms with E-state index in [0.717, 1.165) is 37.5 Å². The molecule has 2 unspecified atom stereocenters. The lowest BCUT2D eigenvalue weighted by atomic mass is 10.1. The summed E-state index contributed by atoms with van der Waals surface area (Å²) in [5, 5.41) is 6.07. The minimum atomic E-state index is -0.137. The molecule has 28 heavy (non-hydrogen) atoms. The molecule has 1 saturated heterocycles. The van der Waals surface area contributed by atoms with Crippen LogP contribution in [0.2, 0.25) is 0 Å². The highest BCUT2D eigenvalue weighted by Crippen LogP contribution is 2.23. The van der Waals surface area contributed by atoms with Gasteiger partial charge in [-0.2, -0.15) is 0 Å². The highest BCUT2D eigenvalue weighted by molar-refractivity contribution is 5.74. The van der Waals surface area contributed by atoms with E-state index >= 15 is 0 Å². The zero-order chi connectivity index (χ0) is 19.8. The van der Waals surface area contributed by atoms with E-state index in [9.17, 15) is 4.79 Å². The van der Waals surface area contributed by atoms with Gasteiger partial charge in [0, 0.05) is 25.7 Å². The summed E-state index contributed by atoms with van der Waals surface area (Å²) in [6.45, 7) is 7.57. The lowest BCUT2D eigenvalue weighted by Crippen LogP contribution is -2.47. The molecule has 152 valence electrons. The molecule has 1 aliphatic heterocycles. The number of aryl methyl sites for hydroxylation is 2. The average molecular weight is 386 g/mol. The Bertz CT molecular complexity index is 726. The molecule has 0 bridgehead atoms. The summed E-state index contributed by atoms with van der Waals surface area (Å²) in [5.41, 5.74) is 1.29. The first kappa shape index (κ1) is 20.4. The number of rotatable bonds is 8. The third kappa shape index (κ3) is 6.11. The van der Waals surface area contributed by atoms with Crippen LogP contribution < -0.4 is 10.6 Å². The summed E-state index contributed by atoms with van der Waals surface area (Å²) >= 11 is 0. The van der Waals surface area contributed by atoms with Crippen molar-refractivity contribution in [1.29, 1.82) is 0 Å². The number of hydrogen-bond donors (Lipinski definition) is 2. The second-order valence-corrected chi connectivity index (χ2v) is 7.39. The Morgan fingerprint density at radius 3 is 2.57 bits per heavy atom. The van der Waals surface area contributed by atoms with Crippen molar-refractivity contribution in [2.24, 2.45) is 0 Å². The maximum absolute atomic E-state index is 12.4. The second kappa shape index (κ2) is 10.3. The van der Waals surface area contributed by atoms with Crippen molar-refractivity contribution in [1.82, 2.24) is 15.5 Å². The molecule has 0 radical (unpaired) electrons. The zero-order valence-electron chi connectivity index (χ0n) is 16.8. The molecule has 2 amide bonds. The molecule has 2 heterocycles. The lowest BCUT2D eigenvalue weighted by Gasteiger charge is -2.33. The number of furan rings is 1. The number of morpholine rings is 1. The van der Waals surface area contributed by atoms with E-state index in [-0.39, 0.29) is 18.1 Å². The SMILES string of the molecule is Cc1ccc(C(CNC(=O)NC(C)CCc2ccccc2)N2CCOCC2)o1. The Morgan fingerprint density at radius 1 is 1.14 bits per heavy atom. The van der Waals surface area contributed by atoms with Crippen LogP contribution in [-0.4, -0.2) is 49.8 Å². The fourth-order valence-electron chi connectivity index (χ4n) is 3.50. The summed E-state index contributed by atoms with van der Waals surface area (Å²) in [6.07, 6.45) is 1.85. The quantitative estimate of drug-likeness (QED) is 0.732. The zero-order valence-corrected chi connectivity index (χ0v) is 16.8. The van der Waals surface area contributed by atoms with Crippen LogP contribution in [0.4, 0.5) is 4.79 Å². The number of hydrogen-bond acceptors (Lipinski definition) is 4. The highest BCUT2D eigenvalue weighted by Gasteiger charge is 2.25. The molecule has 0 spiro atoms. The third-order valence-electron chi connectivity index (χ3n) is 5.12. The Morgan fingerprint density at radius 2 is 1.89 bits per heavy atom. The predicted octanol–water partition coefficient (Wildman–Crippen LogP) is 3.28. The van der Waals surface area contributed by atoms with Crippen molar-refractivity contribution in [2.45, 2.75) is 38.8 Å². The number of ether oxygens (including phenoxy) is 1. The molecule has 0 aliphatic carbocycles. The van der Waals surface area contributed by atoms with Gasteiger partial charge in [0.25, 0.3) is 0 Å². The number of carbonyl (C=O) groups excluding carboxylic acids is 1. The van der Waals surface area contributed by atoms with Crippen molar-refractivity contribution < 1.29 is 13.9 Å². The topological polar surface area (TPSA) is 66.7 Å². The summed E-state index contributed by atoms with van der Waals surface area (Å²) < 4.78 is 11.3. The van der Waals surface area contributed by atoms with Crippen LogP contribution in [0.25, 0.3) is 0 Å². The third-order valence-corrected chi connectivity index (χ3v) is 5.12. The molecule has 6 nitrogen and oxygen atoms in total. The summed E-state index contributed by atoms with van der Waals surface area (Å²) in [6, 6.07) is 14.3. The molecule has 2 N–H and O–H groups in total. The van der Waals surface area contributed by atoms with Gasteiger partial charge in [-0.1, -0.05) is 30.3 Å². The van der Waals surface area contributed by atoms with Crippen molar-refractivity contribution >= 4 is 6.03 Å². The molecule has 6 heteroatoms. The van der Waals surface area contributed by atoms with E-state index in [4.69, 9.17) is 9.15 Å². The van der Waals surface area contributed by atoms with Crippen LogP contribution in [0, 0.1) is 6.92 Å². The van der Waals surface area contributed by atoms with E-state index in [2.05, 4.69) is 27.7 Å². The van der Waals surface area contributed by atoms with Gasteiger partial charge in [0.1, 0.15) is 11.5 Å². The molecular weight excluding hydrogens is 354 g/mol. The van der Waals surface area contributed by atoms with Gasteiger partial charge >= 0.3 is 6.03 Å². The second-order valence-electron chi connectivity index (χ2n) is 7.39. The van der Waals surface area contributed by atoms with Crippen molar-refractivity contribution in [3.05, 3.63) is 59.5 Å². The monoisotopic (exact) mass is 385 g/mol. The van der Waals surface area contributed by atoms with E-state index in [1.165, 1.54) is 5.56 Å². The van der Waals surface area contributed by atoms with Gasteiger partial charge in [-0.3, -0.25) is 4.90 Å². The normalized spacial score (nSPS) is 17.1. The van der Waals surface area contributed by atoms with E-state index in [1.807, 2.05) is 44.2 Å². The molecule has 1 fully saturated rings. The van der Waals surface area contributed by atoms with Crippen LogP contribution in [0.15, 0.2) is 46.9 Å². The number of carbonyl (C=O) groups is 1. The van der Waals surface area contributed by atoms with Gasteiger partial charge in [0.15, 0.2) is 0 Å². The first-order chi connectivity index (χ1) is 13.6. The molecule has 3 rings (SSSR count). The Kier molecular flexibility index (Phi) is 7.51. The van der Waals surface area contributed by atoms with Crippen LogP contribution in [0.1, 0.15) is 36.5 Å². The molecular formula is C22H31N3O3. The Hall–Kier alpha value is -2.31. The Labute approximate surface area is 167 Å². The predicted molar refractivity (Wildman–Crippen MR) is 109 cm³/mol. The minimum absolute atomic E-state index is 0.0166. The maximum atomic E-state index is 12.4. The highest BCUT2D eigenvalue weighted by atomic mass is 16.5. The molecule has 1 aromatic heterocycles. The summed E-state index contributed by atoms with van der Waals surface area (Å²) in [4.78, 5) is 14.7. The van der Waals surface area contributed by atoms with Gasteiger partial charge in [-0.15, -0.1) is 0 Å². The summed E-state index contributed by atoms with van der Waals surface area (Å²) in [7, 11) is 0. The van der Waals surface area contributed by atoms with Crippen molar-refractivity contribution in [3.63, 3.8) is 0 Å². The standard InChI is InChI=1S/C22H31N3O3/c1-17(8-10-19-6-4-3-5-7-19)24-22(26)23-16-20(21-11-9-18(2)28-21)25-12-14-27-15-13-25/h3-7,9,11,17,20H,8,10,12-16H2,1-2H3,(H2,23,24,26). The smallest absolute Gasteiger partial charge is 0.315 e. The van der Waals surface area contributed by atoms with Gasteiger partial charge in [-0.25, -0.2) is 4.79 Å². The first-order valence-electron chi connectivity index (χ1n) is 10.1. The number of nitrogens with one attached hydrogen (secondary N) is 2. The molecule has 1 aromatic carbocycles. The lowest BCUT2D eigenvalue weighted by molar-refractivity contribution is 0.0121. The number of urea groups is 1. The van der Waals surface area contributed by atoms with E-state index < -0.39 is 0 Å². The van der Waals surface area contributed by atoms with Crippen LogP contribution in [0.5, 0.6) is 0 Å². The maximum Gasteiger partial charge on any atom is 0.315 e. The van der Waals surface area contributed by atoms with Crippen LogP contribution in [-0.2, 0) is 11.2 Å². The fourth-order valence-corrected chi connectivity index (χ4v) is 3.50. The molecule has 2 atom stereocenters. The largest absolute Gasteiger partial charge is 0.465 e. The number of amides is 2. The Balaban J connectivity index is 1.48.